The SMILES string of the molecule is FC(F)(F)c1ccc(S(Br)(c2ccccc2)c2ccccc2)cc1. The second-order valence-corrected chi connectivity index (χ2v) is 10.6. The molecule has 5 heteroatoms. The molecule has 0 spiro atoms. The number of halogens is 4. The summed E-state index contributed by atoms with van der Waals surface area (Å²) in [7, 11) is -1.79. The zero-order valence-electron chi connectivity index (χ0n) is 12.5. The van der Waals surface area contributed by atoms with Crippen LogP contribution in [0.4, 0.5) is 13.2 Å². The molecule has 0 saturated carbocycles. The first-order valence-corrected chi connectivity index (χ1v) is 10.7. The van der Waals surface area contributed by atoms with Gasteiger partial charge in [-0.15, -0.1) is 8.46 Å². The first-order chi connectivity index (χ1) is 11.4. The molecule has 0 amide bonds. The van der Waals surface area contributed by atoms with Crippen LogP contribution in [0.25, 0.3) is 0 Å². The quantitative estimate of drug-likeness (QED) is 0.424. The van der Waals surface area contributed by atoms with Crippen molar-refractivity contribution in [2.75, 3.05) is 0 Å². The smallest absolute Gasteiger partial charge is 0.166 e. The molecule has 3 aromatic rings. The largest absolute Gasteiger partial charge is 0.416 e. The third-order valence-corrected chi connectivity index (χ3v) is 9.77. The van der Waals surface area contributed by atoms with Gasteiger partial charge in [0.15, 0.2) is 0 Å². The molecule has 3 rings (SSSR count). The molecular formula is C19H14BrF3S. The number of alkyl halides is 3. The van der Waals surface area contributed by atoms with E-state index in [0.717, 1.165) is 26.8 Å². The van der Waals surface area contributed by atoms with Gasteiger partial charge in [-0.3, -0.25) is 0 Å². The molecule has 0 aliphatic rings. The number of hydrogen-bond donors (Lipinski definition) is 0. The molecule has 0 aliphatic carbocycles. The van der Waals surface area contributed by atoms with E-state index in [1.165, 1.54) is 0 Å². The van der Waals surface area contributed by atoms with E-state index in [4.69, 9.17) is 0 Å². The summed E-state index contributed by atoms with van der Waals surface area (Å²) >= 11 is 3.89. The number of rotatable bonds is 3. The lowest BCUT2D eigenvalue weighted by molar-refractivity contribution is -0.137. The molecule has 0 atom stereocenters. The van der Waals surface area contributed by atoms with E-state index < -0.39 is 20.2 Å². The van der Waals surface area contributed by atoms with Gasteiger partial charge in [-0.1, -0.05) is 36.4 Å². The maximum Gasteiger partial charge on any atom is 0.416 e. The van der Waals surface area contributed by atoms with Gasteiger partial charge < -0.3 is 0 Å². The molecular weight excluding hydrogens is 397 g/mol. The highest BCUT2D eigenvalue weighted by atomic mass is 79.9. The summed E-state index contributed by atoms with van der Waals surface area (Å²) in [6, 6.07) is 25.0. The second kappa shape index (κ2) is 6.65. The van der Waals surface area contributed by atoms with Gasteiger partial charge in [0, 0.05) is 14.7 Å². The molecule has 0 aromatic heterocycles. The van der Waals surface area contributed by atoms with Crippen LogP contribution in [-0.4, -0.2) is 0 Å². The van der Waals surface area contributed by atoms with Crippen molar-refractivity contribution in [1.29, 1.82) is 0 Å². The summed E-state index contributed by atoms with van der Waals surface area (Å²) in [6.45, 7) is 0. The highest BCUT2D eigenvalue weighted by molar-refractivity contribution is 9.58. The Morgan fingerprint density at radius 2 is 0.958 bits per heavy atom. The topological polar surface area (TPSA) is 0 Å². The Bertz CT molecular complexity index is 760. The van der Waals surface area contributed by atoms with Gasteiger partial charge >= 0.3 is 6.18 Å². The van der Waals surface area contributed by atoms with Crippen molar-refractivity contribution in [2.45, 2.75) is 20.9 Å². The minimum Gasteiger partial charge on any atom is -0.166 e. The Morgan fingerprint density at radius 3 is 1.33 bits per heavy atom. The Kier molecular flexibility index (Phi) is 4.74. The third kappa shape index (κ3) is 3.23. The van der Waals surface area contributed by atoms with Crippen LogP contribution >= 0.6 is 23.3 Å². The highest BCUT2D eigenvalue weighted by Crippen LogP contribution is 2.73. The van der Waals surface area contributed by atoms with Gasteiger partial charge in [-0.05, 0) is 63.3 Å². The molecule has 0 bridgehead atoms. The van der Waals surface area contributed by atoms with Gasteiger partial charge in [0.05, 0.1) is 5.56 Å². The van der Waals surface area contributed by atoms with E-state index in [1.54, 1.807) is 12.1 Å². The van der Waals surface area contributed by atoms with Crippen molar-refractivity contribution >= 4 is 23.3 Å². The fraction of sp³-hybridized carbons (Fsp3) is 0.0526. The molecule has 0 unspecified atom stereocenters. The molecule has 0 N–H and O–H groups in total. The summed E-state index contributed by atoms with van der Waals surface area (Å²) in [6.07, 6.45) is -4.33. The number of benzene rings is 3. The average Bonchev–Trinajstić information content (AvgIpc) is 2.62. The normalized spacial score (nSPS) is 12.8. The van der Waals surface area contributed by atoms with Crippen LogP contribution in [0.1, 0.15) is 5.56 Å². The van der Waals surface area contributed by atoms with E-state index in [0.29, 0.717) is 0 Å². The van der Waals surface area contributed by atoms with E-state index in [-0.39, 0.29) is 0 Å². The summed E-state index contributed by atoms with van der Waals surface area (Å²) in [5, 5.41) is 0. The fourth-order valence-electron chi connectivity index (χ4n) is 2.46. The van der Waals surface area contributed by atoms with Gasteiger partial charge in [0.25, 0.3) is 0 Å². The van der Waals surface area contributed by atoms with Crippen LogP contribution in [0.2, 0.25) is 0 Å². The zero-order valence-corrected chi connectivity index (χ0v) is 14.9. The fourth-order valence-corrected chi connectivity index (χ4v) is 6.79. The van der Waals surface area contributed by atoms with E-state index >= 15 is 0 Å². The zero-order chi connectivity index (χ0) is 17.2. The molecule has 0 radical (unpaired) electrons. The average molecular weight is 411 g/mol. The van der Waals surface area contributed by atoms with Crippen LogP contribution in [0.3, 0.4) is 0 Å². The van der Waals surface area contributed by atoms with Crippen LogP contribution in [0.5, 0.6) is 0 Å². The van der Waals surface area contributed by atoms with Gasteiger partial charge in [0.2, 0.25) is 0 Å². The molecule has 124 valence electrons. The molecule has 0 heterocycles. The lowest BCUT2D eigenvalue weighted by Crippen LogP contribution is -2.05. The minimum atomic E-state index is -4.33. The van der Waals surface area contributed by atoms with Gasteiger partial charge in [-0.25, -0.2) is 0 Å². The highest BCUT2D eigenvalue weighted by Gasteiger charge is 2.32. The number of hydrogen-bond acceptors (Lipinski definition) is 0. The molecule has 0 aliphatic heterocycles. The molecule has 0 nitrogen and oxygen atoms in total. The predicted octanol–water partition coefficient (Wildman–Crippen LogP) is 7.30. The Balaban J connectivity index is 2.16. The van der Waals surface area contributed by atoms with E-state index in [1.807, 2.05) is 60.7 Å². The van der Waals surface area contributed by atoms with E-state index in [2.05, 4.69) is 14.8 Å². The standard InChI is InChI=1S/C19H14BrF3S/c20-24(16-7-3-1-4-8-16,17-9-5-2-6-10-17)18-13-11-15(12-14-18)19(21,22)23/h1-14H. The lowest BCUT2D eigenvalue weighted by atomic mass is 10.2. The molecule has 24 heavy (non-hydrogen) atoms. The van der Waals surface area contributed by atoms with Crippen molar-refractivity contribution < 1.29 is 13.2 Å². The van der Waals surface area contributed by atoms with Crippen molar-refractivity contribution in [3.05, 3.63) is 90.5 Å². The lowest BCUT2D eigenvalue weighted by Gasteiger charge is -2.35. The van der Waals surface area contributed by atoms with Crippen molar-refractivity contribution in [2.24, 2.45) is 0 Å². The predicted molar refractivity (Wildman–Crippen MR) is 95.6 cm³/mol. The summed E-state index contributed by atoms with van der Waals surface area (Å²) < 4.78 is 38.6. The monoisotopic (exact) mass is 410 g/mol. The minimum absolute atomic E-state index is 0.637. The molecule has 0 fully saturated rings. The first kappa shape index (κ1) is 17.1. The second-order valence-electron chi connectivity index (χ2n) is 5.19. The first-order valence-electron chi connectivity index (χ1n) is 7.23. The Hall–Kier alpha value is -1.72. The van der Waals surface area contributed by atoms with Crippen LogP contribution in [0, 0.1) is 0 Å². The summed E-state index contributed by atoms with van der Waals surface area (Å²) in [5.41, 5.74) is -0.637. The molecule has 3 aromatic carbocycles. The summed E-state index contributed by atoms with van der Waals surface area (Å²) in [4.78, 5) is 2.90. The molecule has 0 saturated heterocycles. The van der Waals surface area contributed by atoms with Crippen LogP contribution < -0.4 is 0 Å². The van der Waals surface area contributed by atoms with Crippen molar-refractivity contribution in [3.8, 4) is 0 Å². The van der Waals surface area contributed by atoms with Crippen LogP contribution in [-0.2, 0) is 6.18 Å². The van der Waals surface area contributed by atoms with Gasteiger partial charge in [-0.2, -0.15) is 13.2 Å². The van der Waals surface area contributed by atoms with Crippen LogP contribution in [0.15, 0.2) is 99.6 Å². The maximum absolute atomic E-state index is 12.9. The Labute approximate surface area is 147 Å². The van der Waals surface area contributed by atoms with E-state index in [9.17, 15) is 13.2 Å². The Morgan fingerprint density at radius 1 is 0.583 bits per heavy atom. The maximum atomic E-state index is 12.9. The van der Waals surface area contributed by atoms with Crippen molar-refractivity contribution in [1.82, 2.24) is 0 Å². The van der Waals surface area contributed by atoms with Crippen molar-refractivity contribution in [3.63, 3.8) is 0 Å². The third-order valence-electron chi connectivity index (χ3n) is 3.64. The summed E-state index contributed by atoms with van der Waals surface area (Å²) in [5.74, 6) is 0. The van der Waals surface area contributed by atoms with Gasteiger partial charge in [0.1, 0.15) is 0 Å².